The van der Waals surface area contributed by atoms with Crippen LogP contribution in [-0.2, 0) is 0 Å². The van der Waals surface area contributed by atoms with Crippen LogP contribution in [0.3, 0.4) is 0 Å². The molecule has 0 aliphatic rings. The van der Waals surface area contributed by atoms with Gasteiger partial charge in [0.25, 0.3) is 0 Å². The number of fused-ring (bicyclic) bond motifs is 9. The van der Waals surface area contributed by atoms with Crippen LogP contribution < -0.4 is 0 Å². The Morgan fingerprint density at radius 2 is 0.857 bits per heavy atom. The quantitative estimate of drug-likeness (QED) is 0.180. The fourth-order valence-corrected chi connectivity index (χ4v) is 8.27. The summed E-state index contributed by atoms with van der Waals surface area (Å²) in [5, 5.41) is 10.3. The molecule has 0 unspecified atom stereocenters. The fraction of sp³-hybridized carbons (Fsp3) is 0. The molecule has 0 aliphatic carbocycles. The van der Waals surface area contributed by atoms with Crippen LogP contribution in [0.25, 0.3) is 97.8 Å². The van der Waals surface area contributed by atoms with E-state index in [1.54, 1.807) is 0 Å². The van der Waals surface area contributed by atoms with Gasteiger partial charge in [-0.3, -0.25) is 0 Å². The summed E-state index contributed by atoms with van der Waals surface area (Å²) in [6.45, 7) is 0. The van der Waals surface area contributed by atoms with Gasteiger partial charge in [-0.05, 0) is 67.7 Å². The molecule has 8 aromatic carbocycles. The summed E-state index contributed by atoms with van der Waals surface area (Å²) in [6, 6.07) is 58.0. The van der Waals surface area contributed by atoms with E-state index >= 15 is 0 Å². The monoisotopic (exact) mass is 641 g/mol. The van der Waals surface area contributed by atoms with Gasteiger partial charge in [-0.1, -0.05) is 140 Å². The highest BCUT2D eigenvalue weighted by molar-refractivity contribution is 7.26. The molecule has 49 heavy (non-hydrogen) atoms. The fourth-order valence-electron chi connectivity index (χ4n) is 7.15. The number of hydrogen-bond donors (Lipinski definition) is 0. The molecule has 0 amide bonds. The van der Waals surface area contributed by atoms with E-state index in [2.05, 4.69) is 103 Å². The van der Waals surface area contributed by atoms with Gasteiger partial charge in [-0.2, -0.15) is 0 Å². The molecule has 0 aliphatic heterocycles. The zero-order valence-electron chi connectivity index (χ0n) is 26.3. The van der Waals surface area contributed by atoms with E-state index in [1.165, 1.54) is 52.5 Å². The lowest BCUT2D eigenvalue weighted by Crippen LogP contribution is -2.00. The predicted octanol–water partition coefficient (Wildman–Crippen LogP) is 12.4. The van der Waals surface area contributed by atoms with Crippen molar-refractivity contribution in [3.63, 3.8) is 0 Å². The van der Waals surface area contributed by atoms with E-state index in [9.17, 15) is 0 Å². The van der Waals surface area contributed by atoms with Gasteiger partial charge in [0.05, 0.1) is 0 Å². The second-order valence-electron chi connectivity index (χ2n) is 12.4. The highest BCUT2D eigenvalue weighted by Crippen LogP contribution is 2.42. The van der Waals surface area contributed by atoms with Crippen molar-refractivity contribution in [1.29, 1.82) is 0 Å². The SMILES string of the molecule is c1ccc(-c2nc(-c3ccccc3)nc(-c3cccc(-c4ccc5c(ccc6ccc7c(ccc8sc9ccccc9c87)c65)c4)c3)n2)cc1. The van der Waals surface area contributed by atoms with E-state index in [4.69, 9.17) is 15.0 Å². The third kappa shape index (κ3) is 4.68. The number of thiophene rings is 1. The lowest BCUT2D eigenvalue weighted by atomic mass is 9.92. The molecule has 0 saturated heterocycles. The van der Waals surface area contributed by atoms with Crippen molar-refractivity contribution in [2.45, 2.75) is 0 Å². The maximum absolute atomic E-state index is 4.96. The first kappa shape index (κ1) is 27.8. The number of aromatic nitrogens is 3. The van der Waals surface area contributed by atoms with Gasteiger partial charge in [0, 0.05) is 36.9 Å². The predicted molar refractivity (Wildman–Crippen MR) is 207 cm³/mol. The summed E-state index contributed by atoms with van der Waals surface area (Å²) in [4.78, 5) is 14.8. The lowest BCUT2D eigenvalue weighted by molar-refractivity contribution is 1.07. The molecule has 0 radical (unpaired) electrons. The van der Waals surface area contributed by atoms with Crippen molar-refractivity contribution >= 4 is 63.8 Å². The third-order valence-corrected chi connectivity index (χ3v) is 10.6. The van der Waals surface area contributed by atoms with Crippen molar-refractivity contribution in [3.8, 4) is 45.3 Å². The van der Waals surface area contributed by atoms with Gasteiger partial charge in [-0.25, -0.2) is 15.0 Å². The van der Waals surface area contributed by atoms with Gasteiger partial charge in [0.15, 0.2) is 17.5 Å². The summed E-state index contributed by atoms with van der Waals surface area (Å²) in [5.74, 6) is 1.97. The minimum Gasteiger partial charge on any atom is -0.208 e. The van der Waals surface area contributed by atoms with Crippen LogP contribution in [0, 0.1) is 0 Å². The van der Waals surface area contributed by atoms with Crippen LogP contribution in [0.2, 0.25) is 0 Å². The van der Waals surface area contributed by atoms with Crippen LogP contribution in [0.4, 0.5) is 0 Å². The van der Waals surface area contributed by atoms with Crippen molar-refractivity contribution in [2.75, 3.05) is 0 Å². The minimum absolute atomic E-state index is 0.653. The summed E-state index contributed by atoms with van der Waals surface area (Å²) >= 11 is 1.87. The Labute approximate surface area is 286 Å². The Bertz CT molecular complexity index is 2820. The average Bonchev–Trinajstić information content (AvgIpc) is 3.57. The lowest BCUT2D eigenvalue weighted by Gasteiger charge is -2.12. The van der Waals surface area contributed by atoms with Gasteiger partial charge >= 0.3 is 0 Å². The zero-order chi connectivity index (χ0) is 32.3. The molecule has 0 bridgehead atoms. The van der Waals surface area contributed by atoms with Gasteiger partial charge in [0.1, 0.15) is 0 Å². The molecular weight excluding hydrogens is 615 g/mol. The molecule has 2 aromatic heterocycles. The molecule has 10 rings (SSSR count). The first-order chi connectivity index (χ1) is 24.3. The Balaban J connectivity index is 1.11. The summed E-state index contributed by atoms with van der Waals surface area (Å²) in [6.07, 6.45) is 0. The molecule has 0 atom stereocenters. The van der Waals surface area contributed by atoms with E-state index in [0.717, 1.165) is 27.8 Å². The van der Waals surface area contributed by atoms with Crippen LogP contribution >= 0.6 is 11.3 Å². The average molecular weight is 642 g/mol. The Hall–Kier alpha value is -6.23. The summed E-state index contributed by atoms with van der Waals surface area (Å²) in [7, 11) is 0. The standard InChI is InChI=1S/C45H27N3S/c1-3-10-29(11-4-1)43-46-44(30-12-5-2-6-13-30)48-45(47-43)34-15-9-14-31(27-34)32-21-22-35-33(26-32)19-18-28-20-23-37-36(41(28)35)24-25-40-42(37)38-16-7-8-17-39(38)49-40/h1-27H. The molecule has 0 spiro atoms. The molecule has 3 nitrogen and oxygen atoms in total. The van der Waals surface area contributed by atoms with Crippen LogP contribution in [0.1, 0.15) is 0 Å². The first-order valence-electron chi connectivity index (χ1n) is 16.4. The zero-order valence-corrected chi connectivity index (χ0v) is 27.2. The summed E-state index contributed by atoms with van der Waals surface area (Å²) in [5.41, 5.74) is 5.14. The van der Waals surface area contributed by atoms with E-state index in [1.807, 2.05) is 72.0 Å². The molecule has 0 saturated carbocycles. The van der Waals surface area contributed by atoms with Crippen LogP contribution in [0.15, 0.2) is 164 Å². The topological polar surface area (TPSA) is 38.7 Å². The maximum Gasteiger partial charge on any atom is 0.164 e. The second-order valence-corrected chi connectivity index (χ2v) is 13.5. The minimum atomic E-state index is 0.653. The number of benzene rings is 8. The Kier molecular flexibility index (Phi) is 6.36. The maximum atomic E-state index is 4.96. The molecule has 10 aromatic rings. The van der Waals surface area contributed by atoms with Crippen molar-refractivity contribution < 1.29 is 0 Å². The Morgan fingerprint density at radius 3 is 1.63 bits per heavy atom. The van der Waals surface area contributed by atoms with Crippen LogP contribution in [0.5, 0.6) is 0 Å². The number of nitrogens with zero attached hydrogens (tertiary/aromatic N) is 3. The van der Waals surface area contributed by atoms with Crippen LogP contribution in [-0.4, -0.2) is 15.0 Å². The second kappa shape index (κ2) is 11.2. The number of rotatable bonds is 4. The highest BCUT2D eigenvalue weighted by atomic mass is 32.1. The van der Waals surface area contributed by atoms with Crippen molar-refractivity contribution in [3.05, 3.63) is 164 Å². The van der Waals surface area contributed by atoms with Gasteiger partial charge in [-0.15, -0.1) is 11.3 Å². The molecule has 0 fully saturated rings. The Morgan fingerprint density at radius 1 is 0.306 bits per heavy atom. The van der Waals surface area contributed by atoms with E-state index in [-0.39, 0.29) is 0 Å². The largest absolute Gasteiger partial charge is 0.208 e. The number of hydrogen-bond acceptors (Lipinski definition) is 4. The van der Waals surface area contributed by atoms with Crippen molar-refractivity contribution in [1.82, 2.24) is 15.0 Å². The molecule has 0 N–H and O–H groups in total. The molecule has 4 heteroatoms. The molecule has 228 valence electrons. The smallest absolute Gasteiger partial charge is 0.164 e. The van der Waals surface area contributed by atoms with Gasteiger partial charge in [0.2, 0.25) is 0 Å². The highest BCUT2D eigenvalue weighted by Gasteiger charge is 2.15. The van der Waals surface area contributed by atoms with Crippen molar-refractivity contribution in [2.24, 2.45) is 0 Å². The summed E-state index contributed by atoms with van der Waals surface area (Å²) < 4.78 is 2.67. The normalized spacial score (nSPS) is 11.7. The van der Waals surface area contributed by atoms with Gasteiger partial charge < -0.3 is 0 Å². The molecular formula is C45H27N3S. The molecule has 2 heterocycles. The van der Waals surface area contributed by atoms with E-state index < -0.39 is 0 Å². The first-order valence-corrected chi connectivity index (χ1v) is 17.3. The third-order valence-electron chi connectivity index (χ3n) is 9.49. The van der Waals surface area contributed by atoms with E-state index in [0.29, 0.717) is 17.5 Å².